The average Bonchev–Trinajstić information content (AvgIpc) is 2.53. The maximum absolute atomic E-state index is 5.32. The number of hydrogen-bond donors (Lipinski definition) is 0. The van der Waals surface area contributed by atoms with Crippen LogP contribution in [0.2, 0.25) is 0 Å². The van der Waals surface area contributed by atoms with Gasteiger partial charge in [-0.2, -0.15) is 0 Å². The van der Waals surface area contributed by atoms with Gasteiger partial charge in [-0.25, -0.2) is 0 Å². The summed E-state index contributed by atoms with van der Waals surface area (Å²) in [7, 11) is 1.71. The van der Waals surface area contributed by atoms with E-state index < -0.39 is 0 Å². The Morgan fingerprint density at radius 3 is 2.40 bits per heavy atom. The first kappa shape index (κ1) is 12.7. The molecule has 0 atom stereocenters. The molecule has 20 heavy (non-hydrogen) atoms. The smallest absolute Gasteiger partial charge is 0.119 e. The monoisotopic (exact) mass is 262 g/mol. The quantitative estimate of drug-likeness (QED) is 0.639. The first-order valence-electron chi connectivity index (χ1n) is 6.98. The molecule has 0 aliphatic heterocycles. The second-order valence-electron chi connectivity index (χ2n) is 4.94. The Hall–Kier alpha value is -2.28. The van der Waals surface area contributed by atoms with Crippen LogP contribution >= 0.6 is 0 Å². The molecule has 3 rings (SSSR count). The molecule has 0 radical (unpaired) electrons. The molecule has 100 valence electrons. The molecule has 0 amide bonds. The molecule has 0 saturated heterocycles. The summed E-state index contributed by atoms with van der Waals surface area (Å²) < 4.78 is 5.32. The van der Waals surface area contributed by atoms with Gasteiger partial charge in [0.05, 0.1) is 7.11 Å². The Labute approximate surface area is 119 Å². The van der Waals surface area contributed by atoms with Crippen molar-refractivity contribution in [2.24, 2.45) is 0 Å². The number of hydrogen-bond acceptors (Lipinski definition) is 1. The average molecular weight is 262 g/mol. The van der Waals surface area contributed by atoms with Crippen LogP contribution in [0, 0.1) is 0 Å². The van der Waals surface area contributed by atoms with Crippen molar-refractivity contribution < 1.29 is 4.74 Å². The summed E-state index contributed by atoms with van der Waals surface area (Å²) in [5.74, 6) is 0.923. The van der Waals surface area contributed by atoms with E-state index in [0.717, 1.165) is 12.2 Å². The molecule has 0 aromatic heterocycles. The van der Waals surface area contributed by atoms with Crippen LogP contribution in [0.15, 0.2) is 60.7 Å². The van der Waals surface area contributed by atoms with Crippen molar-refractivity contribution in [2.75, 3.05) is 7.11 Å². The molecule has 0 saturated carbocycles. The fraction of sp³-hybridized carbons (Fsp3) is 0.158. The van der Waals surface area contributed by atoms with Gasteiger partial charge in [0.2, 0.25) is 0 Å². The van der Waals surface area contributed by atoms with E-state index in [-0.39, 0.29) is 0 Å². The highest BCUT2D eigenvalue weighted by atomic mass is 16.5. The fourth-order valence-corrected chi connectivity index (χ4v) is 2.63. The Bertz CT molecular complexity index is 744. The second kappa shape index (κ2) is 5.38. The van der Waals surface area contributed by atoms with E-state index in [1.54, 1.807) is 7.11 Å². The third kappa shape index (κ3) is 2.27. The van der Waals surface area contributed by atoms with E-state index in [4.69, 9.17) is 4.74 Å². The van der Waals surface area contributed by atoms with Gasteiger partial charge in [-0.3, -0.25) is 0 Å². The Morgan fingerprint density at radius 2 is 1.65 bits per heavy atom. The number of benzene rings is 3. The van der Waals surface area contributed by atoms with Gasteiger partial charge in [0, 0.05) is 0 Å². The number of ether oxygens (including phenoxy) is 1. The summed E-state index contributed by atoms with van der Waals surface area (Å²) in [6, 6.07) is 21.4. The molecule has 0 unspecified atom stereocenters. The van der Waals surface area contributed by atoms with Gasteiger partial charge in [0.25, 0.3) is 0 Å². The Morgan fingerprint density at radius 1 is 0.850 bits per heavy atom. The van der Waals surface area contributed by atoms with Gasteiger partial charge in [-0.1, -0.05) is 49.4 Å². The summed E-state index contributed by atoms with van der Waals surface area (Å²) in [5.41, 5.74) is 3.88. The lowest BCUT2D eigenvalue weighted by Gasteiger charge is -2.11. The van der Waals surface area contributed by atoms with Crippen molar-refractivity contribution in [3.63, 3.8) is 0 Å². The Balaban J connectivity index is 2.14. The van der Waals surface area contributed by atoms with Crippen molar-refractivity contribution in [3.05, 3.63) is 66.2 Å². The first-order valence-corrected chi connectivity index (χ1v) is 6.98. The van der Waals surface area contributed by atoms with Gasteiger partial charge in [0.15, 0.2) is 0 Å². The summed E-state index contributed by atoms with van der Waals surface area (Å²) >= 11 is 0. The van der Waals surface area contributed by atoms with Gasteiger partial charge in [-0.05, 0) is 52.1 Å². The van der Waals surface area contributed by atoms with Crippen LogP contribution in [0.25, 0.3) is 21.9 Å². The molecule has 0 spiro atoms. The predicted octanol–water partition coefficient (Wildman–Crippen LogP) is 5.08. The highest BCUT2D eigenvalue weighted by Crippen LogP contribution is 2.30. The largest absolute Gasteiger partial charge is 0.497 e. The minimum atomic E-state index is 0.923. The van der Waals surface area contributed by atoms with E-state index in [9.17, 15) is 0 Å². The molecule has 1 nitrogen and oxygen atoms in total. The lowest BCUT2D eigenvalue weighted by atomic mass is 9.96. The minimum Gasteiger partial charge on any atom is -0.497 e. The third-order valence-corrected chi connectivity index (χ3v) is 3.75. The Kier molecular flexibility index (Phi) is 3.42. The molecule has 3 aromatic rings. The highest BCUT2D eigenvalue weighted by molar-refractivity contribution is 5.87. The molecule has 3 aromatic carbocycles. The maximum atomic E-state index is 5.32. The summed E-state index contributed by atoms with van der Waals surface area (Å²) in [6.45, 7) is 2.18. The predicted molar refractivity (Wildman–Crippen MR) is 85.3 cm³/mol. The molecule has 0 bridgehead atoms. The van der Waals surface area contributed by atoms with Crippen molar-refractivity contribution in [1.82, 2.24) is 0 Å². The molecular weight excluding hydrogens is 244 g/mol. The van der Waals surface area contributed by atoms with Crippen molar-refractivity contribution in [3.8, 4) is 16.9 Å². The first-order chi connectivity index (χ1) is 9.81. The summed E-state index contributed by atoms with van der Waals surface area (Å²) in [4.78, 5) is 0. The number of aryl methyl sites for hydroxylation is 1. The lowest BCUT2D eigenvalue weighted by Crippen LogP contribution is -1.90. The zero-order valence-corrected chi connectivity index (χ0v) is 11.9. The molecule has 0 N–H and O–H groups in total. The molecule has 1 heteroatoms. The summed E-state index contributed by atoms with van der Waals surface area (Å²) in [6.07, 6.45) is 0.999. The van der Waals surface area contributed by atoms with E-state index in [0.29, 0.717) is 0 Å². The summed E-state index contributed by atoms with van der Waals surface area (Å²) in [5, 5.41) is 2.56. The van der Waals surface area contributed by atoms with Crippen LogP contribution in [0.5, 0.6) is 5.75 Å². The standard InChI is InChI=1S/C19H18O/c1-3-14-13-18(20-2)10-11-19(14)17-9-8-15-6-4-5-7-16(15)12-17/h4-13H,3H2,1-2H3. The molecule has 0 aliphatic rings. The SMILES string of the molecule is CCc1cc(OC)ccc1-c1ccc2ccccc2c1. The van der Waals surface area contributed by atoms with Crippen LogP contribution in [-0.2, 0) is 6.42 Å². The van der Waals surface area contributed by atoms with Crippen LogP contribution < -0.4 is 4.74 Å². The van der Waals surface area contributed by atoms with Crippen LogP contribution in [0.1, 0.15) is 12.5 Å². The van der Waals surface area contributed by atoms with Gasteiger partial charge in [-0.15, -0.1) is 0 Å². The van der Waals surface area contributed by atoms with E-state index >= 15 is 0 Å². The zero-order chi connectivity index (χ0) is 13.9. The molecule has 0 fully saturated rings. The second-order valence-corrected chi connectivity index (χ2v) is 4.94. The van der Waals surface area contributed by atoms with Gasteiger partial charge < -0.3 is 4.74 Å². The molecular formula is C19H18O. The third-order valence-electron chi connectivity index (χ3n) is 3.75. The van der Waals surface area contributed by atoms with E-state index in [1.807, 2.05) is 6.07 Å². The van der Waals surface area contributed by atoms with Crippen molar-refractivity contribution in [1.29, 1.82) is 0 Å². The topological polar surface area (TPSA) is 9.23 Å². The van der Waals surface area contributed by atoms with Gasteiger partial charge >= 0.3 is 0 Å². The molecule has 0 heterocycles. The van der Waals surface area contributed by atoms with Crippen LogP contribution in [-0.4, -0.2) is 7.11 Å². The number of methoxy groups -OCH3 is 1. The lowest BCUT2D eigenvalue weighted by molar-refractivity contribution is 0.414. The minimum absolute atomic E-state index is 0.923. The number of rotatable bonds is 3. The normalized spacial score (nSPS) is 10.7. The fourth-order valence-electron chi connectivity index (χ4n) is 2.63. The van der Waals surface area contributed by atoms with Crippen LogP contribution in [0.4, 0.5) is 0 Å². The maximum Gasteiger partial charge on any atom is 0.119 e. The van der Waals surface area contributed by atoms with Crippen molar-refractivity contribution in [2.45, 2.75) is 13.3 Å². The van der Waals surface area contributed by atoms with Crippen molar-refractivity contribution >= 4 is 10.8 Å². The number of fused-ring (bicyclic) bond motifs is 1. The van der Waals surface area contributed by atoms with E-state index in [2.05, 4.69) is 61.5 Å². The van der Waals surface area contributed by atoms with E-state index in [1.165, 1.54) is 27.5 Å². The molecule has 0 aliphatic carbocycles. The van der Waals surface area contributed by atoms with Crippen LogP contribution in [0.3, 0.4) is 0 Å². The van der Waals surface area contributed by atoms with Gasteiger partial charge in [0.1, 0.15) is 5.75 Å². The highest BCUT2D eigenvalue weighted by Gasteiger charge is 2.06. The zero-order valence-electron chi connectivity index (χ0n) is 11.9.